The number of ketones is 4. The lowest BCUT2D eigenvalue weighted by Crippen LogP contribution is -2.64. The number of unbranched alkanes of at least 4 members (excludes halogenated alkanes) is 7. The maximum atomic E-state index is 12.8. The lowest BCUT2D eigenvalue weighted by atomic mass is 9.94. The van der Waals surface area contributed by atoms with Crippen LogP contribution in [-0.4, -0.2) is 283 Å². The quantitative estimate of drug-likeness (QED) is 0.0305. The molecule has 0 aromatic rings. The number of ether oxygens (including phenoxy) is 9. The monoisotopic (exact) mass is 1410 g/mol. The number of aliphatic hydroxyl groups excluding tert-OH is 9. The SMILES string of the molecule is CC(=O)NC1C(OCCCCC(=O)CCCCCC(=O)CCOCC(C)(COCCC(=O)CCCCCC(=O)CCCCOC2OC(CO)C(O)C(O)C2NC(C)=O)COCCC(=O)NCCCNC(=O)CCCCOC2OC(CO)C(O)C(O)C2NC(C)=O)OC(CO)C(O)C1O. The summed E-state index contributed by atoms with van der Waals surface area (Å²) >= 11 is 0. The van der Waals surface area contributed by atoms with Crippen LogP contribution in [0.15, 0.2) is 0 Å². The van der Waals surface area contributed by atoms with Crippen LogP contribution < -0.4 is 26.6 Å². The van der Waals surface area contributed by atoms with Crippen molar-refractivity contribution < 1.29 is 132 Å². The number of aliphatic hydroxyl groups is 9. The summed E-state index contributed by atoms with van der Waals surface area (Å²) in [5, 5.41) is 104. The Kier molecular flexibility index (Phi) is 44.5. The molecule has 0 saturated carbocycles. The van der Waals surface area contributed by atoms with Crippen LogP contribution in [0.1, 0.15) is 175 Å². The summed E-state index contributed by atoms with van der Waals surface area (Å²) in [5.74, 6) is -1.74. The average Bonchev–Trinajstić information content (AvgIpc) is 0.825. The molecule has 0 radical (unpaired) electrons. The number of hydrogen-bond acceptors (Lipinski definition) is 27. The summed E-state index contributed by atoms with van der Waals surface area (Å²) in [6.07, 6.45) is -5.53. The van der Waals surface area contributed by atoms with Crippen molar-refractivity contribution >= 4 is 52.7 Å². The molecular weight excluding hydrogens is 1290 g/mol. The summed E-state index contributed by atoms with van der Waals surface area (Å²) in [4.78, 5) is 111. The molecule has 5 amide bonds. The van der Waals surface area contributed by atoms with Gasteiger partial charge in [-0.25, -0.2) is 0 Å². The Morgan fingerprint density at radius 2 is 0.622 bits per heavy atom. The van der Waals surface area contributed by atoms with Gasteiger partial charge in [-0.15, -0.1) is 0 Å². The molecule has 15 atom stereocenters. The summed E-state index contributed by atoms with van der Waals surface area (Å²) in [6, 6.07) is -3.16. The van der Waals surface area contributed by atoms with Gasteiger partial charge in [0, 0.05) is 123 Å². The van der Waals surface area contributed by atoms with Crippen molar-refractivity contribution in [3.05, 3.63) is 0 Å². The number of hydrogen-bond donors (Lipinski definition) is 14. The second-order valence-corrected chi connectivity index (χ2v) is 25.8. The summed E-state index contributed by atoms with van der Waals surface area (Å²) in [5.41, 5.74) is -0.733. The zero-order valence-electron chi connectivity index (χ0n) is 57.7. The van der Waals surface area contributed by atoms with E-state index in [0.717, 1.165) is 0 Å². The zero-order valence-corrected chi connectivity index (χ0v) is 57.7. The van der Waals surface area contributed by atoms with E-state index < -0.39 is 135 Å². The van der Waals surface area contributed by atoms with Crippen molar-refractivity contribution in [2.45, 2.75) is 267 Å². The van der Waals surface area contributed by atoms with Crippen LogP contribution in [0.4, 0.5) is 0 Å². The third-order valence-corrected chi connectivity index (χ3v) is 16.8. The highest BCUT2D eigenvalue weighted by Crippen LogP contribution is 2.26. The van der Waals surface area contributed by atoms with Gasteiger partial charge < -0.3 is 115 Å². The second-order valence-electron chi connectivity index (χ2n) is 25.8. The molecule has 98 heavy (non-hydrogen) atoms. The Balaban J connectivity index is 1.34. The maximum Gasteiger partial charge on any atom is 0.222 e. The molecular formula is C66H115N5O27. The van der Waals surface area contributed by atoms with Gasteiger partial charge in [0.1, 0.15) is 96.2 Å². The minimum absolute atomic E-state index is 0.00162. The van der Waals surface area contributed by atoms with Gasteiger partial charge in [-0.05, 0) is 70.6 Å². The number of carbonyl (C=O) groups is 9. The van der Waals surface area contributed by atoms with Crippen LogP contribution in [-0.2, 0) is 85.8 Å². The second kappa shape index (κ2) is 49.8. The van der Waals surface area contributed by atoms with Crippen molar-refractivity contribution in [2.24, 2.45) is 5.41 Å². The van der Waals surface area contributed by atoms with Gasteiger partial charge in [-0.2, -0.15) is 0 Å². The molecule has 3 heterocycles. The number of amides is 5. The Morgan fingerprint density at radius 1 is 0.347 bits per heavy atom. The zero-order chi connectivity index (χ0) is 72.4. The highest BCUT2D eigenvalue weighted by atomic mass is 16.7. The Bertz CT molecular complexity index is 2100. The fourth-order valence-electron chi connectivity index (χ4n) is 11.2. The molecule has 14 N–H and O–H groups in total. The largest absolute Gasteiger partial charge is 0.394 e. The van der Waals surface area contributed by atoms with Gasteiger partial charge >= 0.3 is 0 Å². The van der Waals surface area contributed by atoms with Crippen LogP contribution in [0, 0.1) is 5.41 Å². The van der Waals surface area contributed by atoms with Crippen molar-refractivity contribution in [3.8, 4) is 0 Å². The van der Waals surface area contributed by atoms with E-state index in [9.17, 15) is 89.1 Å². The molecule has 3 fully saturated rings. The average molecular weight is 1410 g/mol. The normalized spacial score (nSPS) is 26.2. The highest BCUT2D eigenvalue weighted by molar-refractivity contribution is 5.80. The standard InChI is InChI=1S/C66H115N5O27/c1-42(75)69-54-60(87)57(84)49(36-72)96-63(54)93-30-14-11-22-45(78)18-7-5-9-20-47(80)25-33-90-39-66(4,40-91-34-26-48(81)21-10-6-8-19-46(79)23-12-15-31-94-64-55(70-43(2)76)61(88)58(85)50(37-73)97-64)41-92-35-27-53(83)68-29-17-28-67-52(82)24-13-16-32-95-65-56(71-44(3)77)62(89)59(86)51(38-74)98-65/h49-51,54-65,72-74,84-89H,5-41H2,1-4H3,(H,67,82)(H,68,83)(H,69,75)(H,70,76)(H,71,77). The molecule has 3 aliphatic rings. The molecule has 566 valence electrons. The molecule has 0 aromatic heterocycles. The summed E-state index contributed by atoms with van der Waals surface area (Å²) in [7, 11) is 0. The number of Topliss-reactive ketones (excluding diaryl/α,β-unsaturated/α-hetero) is 4. The van der Waals surface area contributed by atoms with E-state index in [-0.39, 0.29) is 120 Å². The lowest BCUT2D eigenvalue weighted by Gasteiger charge is -2.42. The van der Waals surface area contributed by atoms with E-state index in [4.69, 9.17) is 42.6 Å². The fraction of sp³-hybridized carbons (Fsp3) is 0.864. The summed E-state index contributed by atoms with van der Waals surface area (Å²) in [6.45, 7) is 5.66. The minimum Gasteiger partial charge on any atom is -0.394 e. The van der Waals surface area contributed by atoms with Crippen LogP contribution >= 0.6 is 0 Å². The van der Waals surface area contributed by atoms with E-state index in [0.29, 0.717) is 135 Å². The van der Waals surface area contributed by atoms with Gasteiger partial charge in [0.25, 0.3) is 0 Å². The van der Waals surface area contributed by atoms with Crippen LogP contribution in [0.2, 0.25) is 0 Å². The third-order valence-electron chi connectivity index (χ3n) is 16.8. The molecule has 15 unspecified atom stereocenters. The fourth-order valence-corrected chi connectivity index (χ4v) is 11.2. The maximum absolute atomic E-state index is 12.8. The van der Waals surface area contributed by atoms with E-state index in [2.05, 4.69) is 26.6 Å². The first-order valence-electron chi connectivity index (χ1n) is 34.7. The highest BCUT2D eigenvalue weighted by Gasteiger charge is 2.48. The van der Waals surface area contributed by atoms with Gasteiger partial charge in [-0.3, -0.25) is 43.2 Å². The lowest BCUT2D eigenvalue weighted by molar-refractivity contribution is -0.270. The van der Waals surface area contributed by atoms with Crippen molar-refractivity contribution in [1.29, 1.82) is 0 Å². The van der Waals surface area contributed by atoms with Crippen LogP contribution in [0.25, 0.3) is 0 Å². The van der Waals surface area contributed by atoms with Crippen molar-refractivity contribution in [3.63, 3.8) is 0 Å². The van der Waals surface area contributed by atoms with E-state index in [1.165, 1.54) is 20.8 Å². The number of carbonyl (C=O) groups excluding carboxylic acids is 9. The first kappa shape index (κ1) is 87.5. The Hall–Kier alpha value is -4.69. The van der Waals surface area contributed by atoms with Crippen molar-refractivity contribution in [1.82, 2.24) is 26.6 Å². The number of rotatable bonds is 55. The van der Waals surface area contributed by atoms with Crippen LogP contribution in [0.3, 0.4) is 0 Å². The van der Waals surface area contributed by atoms with Gasteiger partial charge in [-0.1, -0.05) is 19.8 Å². The minimum atomic E-state index is -1.43. The van der Waals surface area contributed by atoms with Gasteiger partial charge in [0.15, 0.2) is 18.9 Å². The predicted octanol–water partition coefficient (Wildman–Crippen LogP) is -1.60. The molecule has 0 spiro atoms. The molecule has 3 aliphatic heterocycles. The van der Waals surface area contributed by atoms with Gasteiger partial charge in [0.2, 0.25) is 29.5 Å². The molecule has 32 nitrogen and oxygen atoms in total. The molecule has 3 rings (SSSR count). The van der Waals surface area contributed by atoms with E-state index in [1.54, 1.807) is 0 Å². The van der Waals surface area contributed by atoms with E-state index in [1.807, 2.05) is 6.92 Å². The Labute approximate surface area is 574 Å². The molecule has 3 saturated heterocycles. The molecule has 32 heteroatoms. The molecule has 0 aromatic carbocycles. The summed E-state index contributed by atoms with van der Waals surface area (Å²) < 4.78 is 51.7. The smallest absolute Gasteiger partial charge is 0.222 e. The third kappa shape index (κ3) is 35.3. The van der Waals surface area contributed by atoms with Crippen LogP contribution in [0.5, 0.6) is 0 Å². The first-order chi connectivity index (χ1) is 46.8. The Morgan fingerprint density at radius 3 is 0.929 bits per heavy atom. The van der Waals surface area contributed by atoms with Gasteiger partial charge in [0.05, 0.1) is 59.5 Å². The van der Waals surface area contributed by atoms with E-state index >= 15 is 0 Å². The molecule has 0 aliphatic carbocycles. The predicted molar refractivity (Wildman–Crippen MR) is 347 cm³/mol. The molecule has 0 bridgehead atoms. The first-order valence-corrected chi connectivity index (χ1v) is 34.7. The topological polar surface area (TPSA) is 479 Å². The van der Waals surface area contributed by atoms with Crippen molar-refractivity contribution in [2.75, 3.05) is 92.4 Å². The number of nitrogens with one attached hydrogen (secondary N) is 5.